The van der Waals surface area contributed by atoms with Gasteiger partial charge in [-0.3, -0.25) is 9.52 Å². The van der Waals surface area contributed by atoms with Crippen LogP contribution in [-0.4, -0.2) is 69.9 Å². The minimum Gasteiger partial charge on any atom is -0.507 e. The van der Waals surface area contributed by atoms with Crippen LogP contribution in [0, 0.1) is 5.82 Å². The van der Waals surface area contributed by atoms with Crippen LogP contribution < -0.4 is 14.9 Å². The highest BCUT2D eigenvalue weighted by molar-refractivity contribution is 7.92. The molecule has 1 amide bonds. The number of piperidine rings is 1. The highest BCUT2D eigenvalue weighted by Gasteiger charge is 2.38. The Labute approximate surface area is 302 Å². The minimum atomic E-state index is -4.54. The van der Waals surface area contributed by atoms with Crippen LogP contribution >= 0.6 is 0 Å². The monoisotopic (exact) mass is 740 g/mol. The lowest BCUT2D eigenvalue weighted by atomic mass is 9.80. The number of hydrogen-bond acceptors (Lipinski definition) is 6. The highest BCUT2D eigenvalue weighted by Crippen LogP contribution is 2.39. The smallest absolute Gasteiger partial charge is 0.416 e. The lowest BCUT2D eigenvalue weighted by Gasteiger charge is -2.47. The molecule has 1 aliphatic rings. The topological polar surface area (TPSA) is 102 Å². The van der Waals surface area contributed by atoms with Crippen LogP contribution in [0.1, 0.15) is 57.8 Å². The Hall–Kier alpha value is -4.62. The van der Waals surface area contributed by atoms with Gasteiger partial charge in [-0.2, -0.15) is 13.2 Å². The molecule has 52 heavy (non-hydrogen) atoms. The van der Waals surface area contributed by atoms with E-state index in [0.717, 1.165) is 31.6 Å². The number of nitrogens with one attached hydrogen (secondary N) is 2. The van der Waals surface area contributed by atoms with Crippen LogP contribution in [-0.2, 0) is 29.0 Å². The third-order valence-corrected chi connectivity index (χ3v) is 10.5. The molecule has 0 spiro atoms. The molecule has 1 atom stereocenters. The zero-order chi connectivity index (χ0) is 37.7. The van der Waals surface area contributed by atoms with E-state index in [1.165, 1.54) is 42.0 Å². The molecule has 1 fully saturated rings. The number of carbonyl (C=O) groups excluding carboxylic acids is 1. The molecule has 0 aromatic heterocycles. The SMILES string of the molecule is CN(C)C1(Cc2ccccc2)CCN(c2cc(C(F)(F)F)ccc2CCC(CNC(=O)c2ccccc2O)c2ccc(NS(C)(=O)=O)c(F)c2)CC1. The number of nitrogens with zero attached hydrogens (tertiary/aromatic N) is 2. The van der Waals surface area contributed by atoms with Crippen molar-refractivity contribution < 1.29 is 35.9 Å². The van der Waals surface area contributed by atoms with Crippen molar-refractivity contribution in [3.05, 3.63) is 125 Å². The summed E-state index contributed by atoms with van der Waals surface area (Å²) >= 11 is 0. The van der Waals surface area contributed by atoms with Gasteiger partial charge in [-0.15, -0.1) is 0 Å². The number of aromatic hydroxyl groups is 1. The zero-order valence-corrected chi connectivity index (χ0v) is 30.2. The highest BCUT2D eigenvalue weighted by atomic mass is 32.2. The molecule has 4 aromatic carbocycles. The van der Waals surface area contributed by atoms with Gasteiger partial charge in [-0.05, 0) is 99.3 Å². The number of sulfonamides is 1. The second-order valence-electron chi connectivity index (χ2n) is 13.7. The van der Waals surface area contributed by atoms with Crippen molar-refractivity contribution >= 4 is 27.3 Å². The number of alkyl halides is 3. The van der Waals surface area contributed by atoms with Gasteiger partial charge in [-0.25, -0.2) is 12.8 Å². The predicted octanol–water partition coefficient (Wildman–Crippen LogP) is 7.21. The quantitative estimate of drug-likeness (QED) is 0.125. The molecule has 1 aliphatic heterocycles. The first kappa shape index (κ1) is 38.6. The van der Waals surface area contributed by atoms with Crippen molar-refractivity contribution in [1.29, 1.82) is 0 Å². The Bertz CT molecular complexity index is 1960. The second-order valence-corrected chi connectivity index (χ2v) is 15.4. The normalized spacial score (nSPS) is 15.3. The van der Waals surface area contributed by atoms with Gasteiger partial charge in [0.25, 0.3) is 5.91 Å². The maximum Gasteiger partial charge on any atom is 0.416 e. The maximum absolute atomic E-state index is 15.2. The Balaban J connectivity index is 1.41. The summed E-state index contributed by atoms with van der Waals surface area (Å²) < 4.78 is 82.9. The molecule has 13 heteroatoms. The zero-order valence-electron chi connectivity index (χ0n) is 29.4. The maximum atomic E-state index is 15.2. The molecule has 0 bridgehead atoms. The number of phenolic OH excluding ortho intramolecular Hbond substituents is 1. The molecule has 278 valence electrons. The molecule has 5 rings (SSSR count). The lowest BCUT2D eigenvalue weighted by molar-refractivity contribution is -0.137. The van der Waals surface area contributed by atoms with E-state index in [0.29, 0.717) is 42.7 Å². The van der Waals surface area contributed by atoms with Crippen molar-refractivity contribution in [2.45, 2.75) is 49.7 Å². The summed E-state index contributed by atoms with van der Waals surface area (Å²) in [5.41, 5.74) is 1.72. The molecule has 1 unspecified atom stereocenters. The third kappa shape index (κ3) is 9.62. The summed E-state index contributed by atoms with van der Waals surface area (Å²) in [6, 6.07) is 24.0. The molecule has 1 saturated heterocycles. The van der Waals surface area contributed by atoms with Crippen LogP contribution in [0.4, 0.5) is 28.9 Å². The molecule has 1 heterocycles. The summed E-state index contributed by atoms with van der Waals surface area (Å²) in [5, 5.41) is 13.0. The van der Waals surface area contributed by atoms with Crippen molar-refractivity contribution in [3.63, 3.8) is 0 Å². The molecule has 0 radical (unpaired) electrons. The molecule has 0 aliphatic carbocycles. The van der Waals surface area contributed by atoms with Gasteiger partial charge in [-0.1, -0.05) is 54.6 Å². The van der Waals surface area contributed by atoms with Crippen LogP contribution in [0.3, 0.4) is 0 Å². The fraction of sp³-hybridized carbons (Fsp3) is 0.359. The molecular weight excluding hydrogens is 697 g/mol. The van der Waals surface area contributed by atoms with E-state index in [-0.39, 0.29) is 29.1 Å². The number of likely N-dealkylation sites (N-methyl/N-ethyl adjacent to an activating group) is 1. The van der Waals surface area contributed by atoms with Crippen LogP contribution in [0.2, 0.25) is 0 Å². The van der Waals surface area contributed by atoms with E-state index in [1.807, 2.05) is 37.2 Å². The van der Waals surface area contributed by atoms with E-state index in [1.54, 1.807) is 18.2 Å². The molecule has 8 nitrogen and oxygen atoms in total. The average molecular weight is 741 g/mol. The number of anilines is 2. The summed E-state index contributed by atoms with van der Waals surface area (Å²) in [4.78, 5) is 17.3. The predicted molar refractivity (Wildman–Crippen MR) is 196 cm³/mol. The Morgan fingerprint density at radius 1 is 0.962 bits per heavy atom. The van der Waals surface area contributed by atoms with Gasteiger partial charge < -0.3 is 20.2 Å². The number of benzene rings is 4. The van der Waals surface area contributed by atoms with E-state index in [9.17, 15) is 31.5 Å². The van der Waals surface area contributed by atoms with E-state index < -0.39 is 39.4 Å². The summed E-state index contributed by atoms with van der Waals surface area (Å²) in [5.74, 6) is -2.11. The minimum absolute atomic E-state index is 0.00990. The summed E-state index contributed by atoms with van der Waals surface area (Å²) in [6.45, 7) is 1.09. The lowest BCUT2D eigenvalue weighted by Crippen LogP contribution is -2.54. The Kier molecular flexibility index (Phi) is 11.8. The number of phenols is 1. The Morgan fingerprint density at radius 2 is 1.63 bits per heavy atom. The number of carbonyl (C=O) groups is 1. The number of halogens is 4. The van der Waals surface area contributed by atoms with Gasteiger partial charge in [0.15, 0.2) is 0 Å². The van der Waals surface area contributed by atoms with E-state index >= 15 is 4.39 Å². The average Bonchev–Trinajstić information content (AvgIpc) is 3.09. The van der Waals surface area contributed by atoms with Gasteiger partial charge in [0.2, 0.25) is 10.0 Å². The van der Waals surface area contributed by atoms with Crippen molar-refractivity contribution in [2.24, 2.45) is 0 Å². The van der Waals surface area contributed by atoms with Gasteiger partial charge in [0.1, 0.15) is 11.6 Å². The second kappa shape index (κ2) is 16.0. The number of aryl methyl sites for hydroxylation is 1. The summed E-state index contributed by atoms with van der Waals surface area (Å²) in [7, 11) is 0.330. The third-order valence-electron chi connectivity index (χ3n) is 9.95. The van der Waals surface area contributed by atoms with Crippen molar-refractivity contribution in [3.8, 4) is 5.75 Å². The number of para-hydroxylation sites is 1. The number of hydrogen-bond donors (Lipinski definition) is 3. The standard InChI is InChI=1S/C39H44F4N4O4S/c1-46(2)38(25-27-9-5-4-6-10-27)19-21-47(22-20-38)35-24-31(39(41,42)43)17-15-28(35)13-14-30(26-44-37(49)32-11-7-8-12-36(32)48)29-16-18-34(33(40)23-29)45-52(3,50)51/h4-12,15-18,23-24,30,45,48H,13-14,19-22,25-26H2,1-3H3,(H,44,49). The van der Waals surface area contributed by atoms with Crippen molar-refractivity contribution in [2.75, 3.05) is 49.6 Å². The van der Waals surface area contributed by atoms with Crippen LogP contribution in [0.5, 0.6) is 5.75 Å². The van der Waals surface area contributed by atoms with Crippen LogP contribution in [0.25, 0.3) is 0 Å². The fourth-order valence-corrected chi connectivity index (χ4v) is 7.49. The van der Waals surface area contributed by atoms with Crippen molar-refractivity contribution in [1.82, 2.24) is 10.2 Å². The molecule has 3 N–H and O–H groups in total. The molecule has 0 saturated carbocycles. The van der Waals surface area contributed by atoms with Gasteiger partial charge in [0, 0.05) is 36.8 Å². The Morgan fingerprint density at radius 3 is 2.25 bits per heavy atom. The number of amides is 1. The van der Waals surface area contributed by atoms with Crippen LogP contribution in [0.15, 0.2) is 91.0 Å². The fourth-order valence-electron chi connectivity index (χ4n) is 6.93. The van der Waals surface area contributed by atoms with Gasteiger partial charge >= 0.3 is 6.18 Å². The van der Waals surface area contributed by atoms with Gasteiger partial charge in [0.05, 0.1) is 23.1 Å². The first-order valence-electron chi connectivity index (χ1n) is 17.0. The first-order valence-corrected chi connectivity index (χ1v) is 18.9. The summed E-state index contributed by atoms with van der Waals surface area (Å²) in [6.07, 6.45) is -0.745. The molecule has 4 aromatic rings. The van der Waals surface area contributed by atoms with E-state index in [2.05, 4.69) is 27.1 Å². The van der Waals surface area contributed by atoms with E-state index in [4.69, 9.17) is 0 Å². The largest absolute Gasteiger partial charge is 0.507 e. The molecular formula is C39H44F4N4O4S. The first-order chi connectivity index (χ1) is 24.5. The number of rotatable bonds is 13.